The summed E-state index contributed by atoms with van der Waals surface area (Å²) in [5.41, 5.74) is 2.75. The van der Waals surface area contributed by atoms with Crippen molar-refractivity contribution in [2.75, 3.05) is 13.1 Å². The van der Waals surface area contributed by atoms with Crippen molar-refractivity contribution in [3.05, 3.63) is 82.9 Å². The molecule has 7 heteroatoms. The standard InChI is InChI=1S/C24H19F2N3O2/c25-24(26)8-12-28(13-9-24)23(31)18-4-5-20-16(14-18)2-1-3-19(20)17-7-11-29-21(15-17)27-10-6-22(29)30/h1-7,10-11,14-15H,8-9,12-13H2. The maximum Gasteiger partial charge on any atom is 0.257 e. The Hall–Kier alpha value is -3.61. The number of benzene rings is 2. The van der Waals surface area contributed by atoms with Crippen LogP contribution in [0.4, 0.5) is 8.78 Å². The summed E-state index contributed by atoms with van der Waals surface area (Å²) in [6.07, 6.45) is 2.59. The molecule has 0 atom stereocenters. The third kappa shape index (κ3) is 3.56. The number of nitrogens with zero attached hydrogens (tertiary/aromatic N) is 3. The van der Waals surface area contributed by atoms with Crippen LogP contribution in [0.3, 0.4) is 0 Å². The summed E-state index contributed by atoms with van der Waals surface area (Å²) in [6.45, 7) is 0.126. The van der Waals surface area contributed by atoms with Crippen LogP contribution in [0.25, 0.3) is 27.5 Å². The third-order valence-corrected chi connectivity index (χ3v) is 5.82. The normalized spacial score (nSPS) is 16.0. The number of carbonyl (C=O) groups is 1. The van der Waals surface area contributed by atoms with Gasteiger partial charge in [0.25, 0.3) is 17.4 Å². The fourth-order valence-corrected chi connectivity index (χ4v) is 4.09. The van der Waals surface area contributed by atoms with Gasteiger partial charge in [-0.3, -0.25) is 14.0 Å². The second-order valence-corrected chi connectivity index (χ2v) is 7.82. The summed E-state index contributed by atoms with van der Waals surface area (Å²) in [6, 6.07) is 16.3. The average Bonchev–Trinajstić information content (AvgIpc) is 2.78. The molecule has 1 aliphatic rings. The van der Waals surface area contributed by atoms with Gasteiger partial charge in [0, 0.05) is 50.0 Å². The first-order chi connectivity index (χ1) is 14.9. The minimum atomic E-state index is -2.69. The maximum absolute atomic E-state index is 13.4. The van der Waals surface area contributed by atoms with E-state index in [9.17, 15) is 18.4 Å². The van der Waals surface area contributed by atoms with Crippen molar-refractivity contribution < 1.29 is 13.6 Å². The molecule has 1 aliphatic heterocycles. The van der Waals surface area contributed by atoms with Crippen molar-refractivity contribution in [2.24, 2.45) is 0 Å². The number of carbonyl (C=O) groups excluding carboxylic acids is 1. The lowest BCUT2D eigenvalue weighted by Crippen LogP contribution is -2.42. The lowest BCUT2D eigenvalue weighted by atomic mass is 9.97. The van der Waals surface area contributed by atoms with E-state index >= 15 is 0 Å². The molecule has 1 fully saturated rings. The summed E-state index contributed by atoms with van der Waals surface area (Å²) in [7, 11) is 0. The van der Waals surface area contributed by atoms with Crippen LogP contribution in [0, 0.1) is 0 Å². The monoisotopic (exact) mass is 419 g/mol. The molecule has 156 valence electrons. The molecule has 0 spiro atoms. The third-order valence-electron chi connectivity index (χ3n) is 5.82. The smallest absolute Gasteiger partial charge is 0.257 e. The number of hydrogen-bond acceptors (Lipinski definition) is 3. The van der Waals surface area contributed by atoms with Crippen molar-refractivity contribution in [1.82, 2.24) is 14.3 Å². The number of halogens is 2. The first-order valence-corrected chi connectivity index (χ1v) is 10.1. The summed E-state index contributed by atoms with van der Waals surface area (Å²) in [4.78, 5) is 30.5. The molecule has 2 aromatic carbocycles. The number of hydrogen-bond donors (Lipinski definition) is 0. The topological polar surface area (TPSA) is 54.7 Å². The highest BCUT2D eigenvalue weighted by Gasteiger charge is 2.35. The molecule has 31 heavy (non-hydrogen) atoms. The van der Waals surface area contributed by atoms with Crippen molar-refractivity contribution in [3.63, 3.8) is 0 Å². The predicted molar refractivity (Wildman–Crippen MR) is 114 cm³/mol. The average molecular weight is 419 g/mol. The summed E-state index contributed by atoms with van der Waals surface area (Å²) in [5, 5.41) is 1.83. The molecule has 5 nitrogen and oxygen atoms in total. The molecule has 1 amide bonds. The zero-order chi connectivity index (χ0) is 21.6. The quantitative estimate of drug-likeness (QED) is 0.484. The minimum Gasteiger partial charge on any atom is -0.338 e. The molecule has 0 unspecified atom stereocenters. The Morgan fingerprint density at radius 3 is 2.61 bits per heavy atom. The summed E-state index contributed by atoms with van der Waals surface area (Å²) < 4.78 is 28.3. The van der Waals surface area contributed by atoms with Crippen molar-refractivity contribution >= 4 is 22.3 Å². The van der Waals surface area contributed by atoms with Gasteiger partial charge in [0.05, 0.1) is 0 Å². The highest BCUT2D eigenvalue weighted by molar-refractivity contribution is 6.02. The fourth-order valence-electron chi connectivity index (χ4n) is 4.09. The van der Waals surface area contributed by atoms with Gasteiger partial charge in [-0.25, -0.2) is 13.8 Å². The van der Waals surface area contributed by atoms with E-state index in [4.69, 9.17) is 0 Å². The highest BCUT2D eigenvalue weighted by atomic mass is 19.3. The van der Waals surface area contributed by atoms with Crippen LogP contribution in [0.15, 0.2) is 71.8 Å². The molecule has 0 bridgehead atoms. The number of pyridine rings is 1. The Balaban J connectivity index is 1.51. The molecule has 0 radical (unpaired) electrons. The molecule has 0 saturated carbocycles. The summed E-state index contributed by atoms with van der Waals surface area (Å²) in [5.74, 6) is -2.91. The fraction of sp³-hybridized carbons (Fsp3) is 0.208. The molecule has 1 saturated heterocycles. The van der Waals surface area contributed by atoms with Gasteiger partial charge < -0.3 is 4.90 Å². The Labute approximate surface area is 176 Å². The maximum atomic E-state index is 13.4. The van der Waals surface area contributed by atoms with E-state index in [2.05, 4.69) is 4.98 Å². The second-order valence-electron chi connectivity index (χ2n) is 7.82. The van der Waals surface area contributed by atoms with Crippen molar-refractivity contribution in [1.29, 1.82) is 0 Å². The molecule has 0 aliphatic carbocycles. The van der Waals surface area contributed by atoms with Gasteiger partial charge in [-0.15, -0.1) is 0 Å². The van der Waals surface area contributed by atoms with E-state index in [1.807, 2.05) is 36.4 Å². The van der Waals surface area contributed by atoms with Gasteiger partial charge in [-0.1, -0.05) is 24.3 Å². The van der Waals surface area contributed by atoms with Crippen LogP contribution in [0.5, 0.6) is 0 Å². The first-order valence-electron chi connectivity index (χ1n) is 10.1. The predicted octanol–water partition coefficient (Wildman–Crippen LogP) is 4.39. The number of amides is 1. The molecule has 5 rings (SSSR count). The summed E-state index contributed by atoms with van der Waals surface area (Å²) >= 11 is 0. The number of likely N-dealkylation sites (tertiary alicyclic amines) is 1. The molecule has 2 aromatic heterocycles. The Kier molecular flexibility index (Phi) is 4.54. The van der Waals surface area contributed by atoms with Crippen molar-refractivity contribution in [3.8, 4) is 11.1 Å². The Morgan fingerprint density at radius 2 is 1.81 bits per heavy atom. The minimum absolute atomic E-state index is 0.0629. The molecular weight excluding hydrogens is 400 g/mol. The molecule has 4 aromatic rings. The van der Waals surface area contributed by atoms with Gasteiger partial charge in [0.1, 0.15) is 5.65 Å². The molecule has 0 N–H and O–H groups in total. The van der Waals surface area contributed by atoms with E-state index in [1.165, 1.54) is 21.6 Å². The lowest BCUT2D eigenvalue weighted by Gasteiger charge is -2.31. The molecule has 3 heterocycles. The van der Waals surface area contributed by atoms with E-state index in [0.29, 0.717) is 11.2 Å². The zero-order valence-electron chi connectivity index (χ0n) is 16.6. The Bertz CT molecular complexity index is 1370. The first kappa shape index (κ1) is 19.4. The van der Waals surface area contributed by atoms with Gasteiger partial charge in [0.15, 0.2) is 0 Å². The number of aromatic nitrogens is 2. The van der Waals surface area contributed by atoms with Crippen LogP contribution < -0.4 is 5.56 Å². The largest absolute Gasteiger partial charge is 0.338 e. The van der Waals surface area contributed by atoms with E-state index in [1.54, 1.807) is 18.3 Å². The van der Waals surface area contributed by atoms with E-state index < -0.39 is 5.92 Å². The number of fused-ring (bicyclic) bond motifs is 2. The van der Waals surface area contributed by atoms with Crippen LogP contribution in [-0.4, -0.2) is 39.2 Å². The van der Waals surface area contributed by atoms with Crippen LogP contribution in [0.1, 0.15) is 23.2 Å². The van der Waals surface area contributed by atoms with Crippen LogP contribution >= 0.6 is 0 Å². The van der Waals surface area contributed by atoms with Gasteiger partial charge >= 0.3 is 0 Å². The zero-order valence-corrected chi connectivity index (χ0v) is 16.6. The number of piperidine rings is 1. The van der Waals surface area contributed by atoms with Crippen LogP contribution in [-0.2, 0) is 0 Å². The van der Waals surface area contributed by atoms with Gasteiger partial charge in [-0.2, -0.15) is 0 Å². The van der Waals surface area contributed by atoms with E-state index in [0.717, 1.165) is 21.9 Å². The van der Waals surface area contributed by atoms with Crippen LogP contribution in [0.2, 0.25) is 0 Å². The SMILES string of the molecule is O=C(c1ccc2c(-c3ccn4c(=O)ccnc4c3)cccc2c1)N1CCC(F)(F)CC1. The molecular formula is C24H19F2N3O2. The van der Waals surface area contributed by atoms with Crippen molar-refractivity contribution in [2.45, 2.75) is 18.8 Å². The lowest BCUT2D eigenvalue weighted by molar-refractivity contribution is -0.0494. The highest BCUT2D eigenvalue weighted by Crippen LogP contribution is 2.31. The van der Waals surface area contributed by atoms with E-state index in [-0.39, 0.29) is 37.4 Å². The number of rotatable bonds is 2. The van der Waals surface area contributed by atoms with Gasteiger partial charge in [0.2, 0.25) is 0 Å². The second kappa shape index (κ2) is 7.27. The number of alkyl halides is 2. The Morgan fingerprint density at radius 1 is 1.00 bits per heavy atom. The van der Waals surface area contributed by atoms with Gasteiger partial charge in [-0.05, 0) is 46.2 Å².